The zero-order valence-electron chi connectivity index (χ0n) is 20.0. The lowest BCUT2D eigenvalue weighted by atomic mass is 10.1. The average molecular weight is 497 g/mol. The lowest BCUT2D eigenvalue weighted by Gasteiger charge is -2.16. The third-order valence-electron chi connectivity index (χ3n) is 4.80. The van der Waals surface area contributed by atoms with E-state index in [0.717, 1.165) is 11.1 Å². The van der Waals surface area contributed by atoms with Gasteiger partial charge in [0.15, 0.2) is 13.2 Å². The topological polar surface area (TPSA) is 129 Å². The van der Waals surface area contributed by atoms with E-state index in [2.05, 4.69) is 22.5 Å². The second-order valence-electron chi connectivity index (χ2n) is 7.33. The molecule has 190 valence electrons. The molecule has 0 aliphatic carbocycles. The SMILES string of the molecule is COC(=O)[C@H](Cc1ccccc1)NC(=O)OCC#CCOC(=O)N[C@@H](Cc1ccccc1)C(=O)OC. The van der Waals surface area contributed by atoms with Gasteiger partial charge < -0.3 is 29.6 Å². The molecule has 0 aliphatic rings. The molecule has 2 aromatic carbocycles. The molecule has 0 aromatic heterocycles. The first-order valence-corrected chi connectivity index (χ1v) is 11.0. The van der Waals surface area contributed by atoms with Gasteiger partial charge in [-0.05, 0) is 11.1 Å². The number of esters is 2. The van der Waals surface area contributed by atoms with Gasteiger partial charge in [0.25, 0.3) is 0 Å². The molecule has 0 saturated heterocycles. The summed E-state index contributed by atoms with van der Waals surface area (Å²) in [4.78, 5) is 48.0. The average Bonchev–Trinajstić information content (AvgIpc) is 2.90. The van der Waals surface area contributed by atoms with E-state index in [0.29, 0.717) is 0 Å². The minimum atomic E-state index is -0.927. The molecule has 0 radical (unpaired) electrons. The number of hydrogen-bond acceptors (Lipinski definition) is 8. The zero-order valence-corrected chi connectivity index (χ0v) is 20.0. The number of benzene rings is 2. The fourth-order valence-electron chi connectivity index (χ4n) is 3.04. The Morgan fingerprint density at radius 1 is 0.667 bits per heavy atom. The maximum Gasteiger partial charge on any atom is 0.408 e. The Hall–Kier alpha value is -4.52. The predicted octanol–water partition coefficient (Wildman–Crippen LogP) is 2.01. The van der Waals surface area contributed by atoms with Gasteiger partial charge in [0.2, 0.25) is 0 Å². The Kier molecular flexibility index (Phi) is 11.9. The van der Waals surface area contributed by atoms with Crippen LogP contribution < -0.4 is 10.6 Å². The molecule has 0 aliphatic heterocycles. The summed E-state index contributed by atoms with van der Waals surface area (Å²) < 4.78 is 19.3. The summed E-state index contributed by atoms with van der Waals surface area (Å²) in [6.45, 7) is -0.594. The third kappa shape index (κ3) is 10.2. The molecule has 0 unspecified atom stereocenters. The molecular formula is C26H28N2O8. The van der Waals surface area contributed by atoms with Crippen LogP contribution in [0.25, 0.3) is 0 Å². The zero-order chi connectivity index (χ0) is 26.2. The lowest BCUT2D eigenvalue weighted by Crippen LogP contribution is -2.43. The number of nitrogens with one attached hydrogen (secondary N) is 2. The van der Waals surface area contributed by atoms with Crippen molar-refractivity contribution in [1.29, 1.82) is 0 Å². The van der Waals surface area contributed by atoms with Gasteiger partial charge in [-0.3, -0.25) is 0 Å². The number of hydrogen-bond donors (Lipinski definition) is 2. The number of carbonyl (C=O) groups is 4. The molecule has 0 saturated carbocycles. The van der Waals surface area contributed by atoms with Crippen LogP contribution in [0.5, 0.6) is 0 Å². The van der Waals surface area contributed by atoms with Crippen LogP contribution in [-0.2, 0) is 41.4 Å². The van der Waals surface area contributed by atoms with E-state index in [-0.39, 0.29) is 26.1 Å². The van der Waals surface area contributed by atoms with Crippen LogP contribution in [0.4, 0.5) is 9.59 Å². The van der Waals surface area contributed by atoms with Gasteiger partial charge in [0.05, 0.1) is 14.2 Å². The Morgan fingerprint density at radius 3 is 1.36 bits per heavy atom. The van der Waals surface area contributed by atoms with Crippen molar-refractivity contribution in [2.45, 2.75) is 24.9 Å². The van der Waals surface area contributed by atoms with E-state index in [1.165, 1.54) is 14.2 Å². The van der Waals surface area contributed by atoms with E-state index >= 15 is 0 Å². The fraction of sp³-hybridized carbons (Fsp3) is 0.308. The van der Waals surface area contributed by atoms with Crippen molar-refractivity contribution < 1.29 is 38.1 Å². The maximum absolute atomic E-state index is 12.0. The highest BCUT2D eigenvalue weighted by atomic mass is 16.6. The van der Waals surface area contributed by atoms with Crippen LogP contribution in [0.2, 0.25) is 0 Å². The van der Waals surface area contributed by atoms with E-state index in [4.69, 9.17) is 18.9 Å². The number of ether oxygens (including phenoxy) is 4. The number of amides is 2. The summed E-state index contributed by atoms with van der Waals surface area (Å²) in [7, 11) is 2.45. The molecule has 10 heteroatoms. The fourth-order valence-corrected chi connectivity index (χ4v) is 3.04. The summed E-state index contributed by atoms with van der Waals surface area (Å²) in [6.07, 6.45) is -1.24. The highest BCUT2D eigenvalue weighted by Crippen LogP contribution is 2.06. The first kappa shape index (κ1) is 27.7. The third-order valence-corrected chi connectivity index (χ3v) is 4.80. The van der Waals surface area contributed by atoms with Crippen molar-refractivity contribution >= 4 is 24.1 Å². The van der Waals surface area contributed by atoms with Crippen molar-refractivity contribution in [3.8, 4) is 11.8 Å². The van der Waals surface area contributed by atoms with Gasteiger partial charge in [0, 0.05) is 12.8 Å². The van der Waals surface area contributed by atoms with Crippen LogP contribution >= 0.6 is 0 Å². The van der Waals surface area contributed by atoms with Gasteiger partial charge in [0.1, 0.15) is 12.1 Å². The van der Waals surface area contributed by atoms with Gasteiger partial charge in [-0.1, -0.05) is 72.5 Å². The monoisotopic (exact) mass is 496 g/mol. The van der Waals surface area contributed by atoms with Crippen LogP contribution in [0.15, 0.2) is 60.7 Å². The Morgan fingerprint density at radius 2 is 1.03 bits per heavy atom. The number of alkyl carbamates (subject to hydrolysis) is 2. The van der Waals surface area contributed by atoms with E-state index in [1.54, 1.807) is 0 Å². The summed E-state index contributed by atoms with van der Waals surface area (Å²) in [5.74, 6) is 3.81. The largest absolute Gasteiger partial charge is 0.467 e. The molecule has 2 aromatic rings. The highest BCUT2D eigenvalue weighted by Gasteiger charge is 2.23. The van der Waals surface area contributed by atoms with Crippen LogP contribution in [0, 0.1) is 11.8 Å². The number of rotatable bonds is 10. The molecule has 2 amide bonds. The number of carbonyl (C=O) groups excluding carboxylic acids is 4. The summed E-state index contributed by atoms with van der Waals surface area (Å²) >= 11 is 0. The summed E-state index contributed by atoms with van der Waals surface area (Å²) in [5.41, 5.74) is 1.67. The first-order valence-electron chi connectivity index (χ1n) is 11.0. The standard InChI is InChI=1S/C26H28N2O8/c1-33-23(29)21(17-19-11-5-3-6-12-19)27-25(31)35-15-9-10-16-36-26(32)28-22(24(30)34-2)18-20-13-7-4-8-14-20/h3-8,11-14,21-22H,15-18H2,1-2H3,(H,27,31)(H,28,32)/t21-,22-/m0/s1. The minimum Gasteiger partial charge on any atom is -0.467 e. The van der Waals surface area contributed by atoms with E-state index < -0.39 is 36.2 Å². The molecule has 36 heavy (non-hydrogen) atoms. The second-order valence-corrected chi connectivity index (χ2v) is 7.33. The molecule has 0 fully saturated rings. The molecule has 10 nitrogen and oxygen atoms in total. The summed E-state index contributed by atoms with van der Waals surface area (Å²) in [5, 5.41) is 4.88. The van der Waals surface area contributed by atoms with Gasteiger partial charge >= 0.3 is 24.1 Å². The molecule has 2 rings (SSSR count). The molecular weight excluding hydrogens is 468 g/mol. The Balaban J connectivity index is 1.75. The van der Waals surface area contributed by atoms with Crippen LogP contribution in [-0.4, -0.2) is 63.6 Å². The van der Waals surface area contributed by atoms with Gasteiger partial charge in [-0.2, -0.15) is 0 Å². The first-order chi connectivity index (χ1) is 17.4. The van der Waals surface area contributed by atoms with E-state index in [1.807, 2.05) is 60.7 Å². The normalized spacial score (nSPS) is 11.5. The number of methoxy groups -OCH3 is 2. The van der Waals surface area contributed by atoms with Crippen LogP contribution in [0.3, 0.4) is 0 Å². The van der Waals surface area contributed by atoms with Crippen molar-refractivity contribution in [3.63, 3.8) is 0 Å². The van der Waals surface area contributed by atoms with Crippen molar-refractivity contribution in [3.05, 3.63) is 71.8 Å². The minimum absolute atomic E-state index is 0.230. The predicted molar refractivity (Wildman–Crippen MR) is 129 cm³/mol. The second kappa shape index (κ2) is 15.4. The Bertz CT molecular complexity index is 980. The Labute approximate surface area is 209 Å². The smallest absolute Gasteiger partial charge is 0.408 e. The van der Waals surface area contributed by atoms with Gasteiger partial charge in [-0.15, -0.1) is 0 Å². The maximum atomic E-state index is 12.0. The molecule has 0 heterocycles. The van der Waals surface area contributed by atoms with Crippen molar-refractivity contribution in [1.82, 2.24) is 10.6 Å². The highest BCUT2D eigenvalue weighted by molar-refractivity contribution is 5.82. The van der Waals surface area contributed by atoms with Crippen LogP contribution in [0.1, 0.15) is 11.1 Å². The molecule has 0 spiro atoms. The quantitative estimate of drug-likeness (QED) is 0.290. The molecule has 2 atom stereocenters. The molecule has 0 bridgehead atoms. The van der Waals surface area contributed by atoms with E-state index in [9.17, 15) is 19.2 Å². The molecule has 2 N–H and O–H groups in total. The van der Waals surface area contributed by atoms with Crippen molar-refractivity contribution in [2.24, 2.45) is 0 Å². The van der Waals surface area contributed by atoms with Crippen molar-refractivity contribution in [2.75, 3.05) is 27.4 Å². The van der Waals surface area contributed by atoms with Gasteiger partial charge in [-0.25, -0.2) is 19.2 Å². The lowest BCUT2D eigenvalue weighted by molar-refractivity contribution is -0.143. The summed E-state index contributed by atoms with van der Waals surface area (Å²) in [6, 6.07) is 16.4.